The molecule has 3 heteroatoms. The Morgan fingerprint density at radius 3 is 2.80 bits per heavy atom. The van der Waals surface area contributed by atoms with Gasteiger partial charge in [0, 0.05) is 31.2 Å². The first-order chi connectivity index (χ1) is 9.78. The quantitative estimate of drug-likeness (QED) is 0.915. The van der Waals surface area contributed by atoms with Gasteiger partial charge in [0.2, 0.25) is 0 Å². The first kappa shape index (κ1) is 12.9. The van der Waals surface area contributed by atoms with Crippen LogP contribution in [0.15, 0.2) is 42.5 Å². The molecule has 0 bridgehead atoms. The third-order valence-electron chi connectivity index (χ3n) is 3.80. The van der Waals surface area contributed by atoms with Crippen molar-refractivity contribution in [2.45, 2.75) is 12.8 Å². The SMILES string of the molecule is CNc1cccc(N(C)c2ccc3c(c2)CCCO3)c1. The molecule has 0 atom stereocenters. The lowest BCUT2D eigenvalue weighted by Crippen LogP contribution is -2.12. The van der Waals surface area contributed by atoms with Crippen molar-refractivity contribution in [3.05, 3.63) is 48.0 Å². The average Bonchev–Trinajstić information content (AvgIpc) is 2.53. The summed E-state index contributed by atoms with van der Waals surface area (Å²) < 4.78 is 5.67. The lowest BCUT2D eigenvalue weighted by molar-refractivity contribution is 0.288. The van der Waals surface area contributed by atoms with Crippen LogP contribution in [0.2, 0.25) is 0 Å². The molecule has 0 radical (unpaired) electrons. The Morgan fingerprint density at radius 2 is 1.95 bits per heavy atom. The number of fused-ring (bicyclic) bond motifs is 1. The van der Waals surface area contributed by atoms with E-state index in [1.165, 1.54) is 16.9 Å². The normalized spacial score (nSPS) is 13.3. The van der Waals surface area contributed by atoms with Gasteiger partial charge in [0.25, 0.3) is 0 Å². The minimum atomic E-state index is 0.840. The summed E-state index contributed by atoms with van der Waals surface area (Å²) in [5.41, 5.74) is 4.80. The summed E-state index contributed by atoms with van der Waals surface area (Å²) in [4.78, 5) is 2.20. The molecule has 0 unspecified atom stereocenters. The van der Waals surface area contributed by atoms with Gasteiger partial charge in [-0.3, -0.25) is 0 Å². The number of nitrogens with zero attached hydrogens (tertiary/aromatic N) is 1. The minimum absolute atomic E-state index is 0.840. The van der Waals surface area contributed by atoms with Crippen molar-refractivity contribution in [3.8, 4) is 5.75 Å². The molecule has 3 nitrogen and oxygen atoms in total. The Morgan fingerprint density at radius 1 is 1.10 bits per heavy atom. The lowest BCUT2D eigenvalue weighted by atomic mass is 10.1. The van der Waals surface area contributed by atoms with Gasteiger partial charge in [0.15, 0.2) is 0 Å². The van der Waals surface area contributed by atoms with E-state index in [0.717, 1.165) is 30.9 Å². The predicted octanol–water partition coefficient (Wildman–Crippen LogP) is 3.82. The molecule has 2 aromatic rings. The van der Waals surface area contributed by atoms with Crippen molar-refractivity contribution in [1.82, 2.24) is 0 Å². The van der Waals surface area contributed by atoms with Crippen molar-refractivity contribution < 1.29 is 4.74 Å². The van der Waals surface area contributed by atoms with Gasteiger partial charge in [-0.2, -0.15) is 0 Å². The first-order valence-electron chi connectivity index (χ1n) is 7.05. The van der Waals surface area contributed by atoms with E-state index in [1.54, 1.807) is 0 Å². The molecule has 1 aliphatic heterocycles. The number of hydrogen-bond donors (Lipinski definition) is 1. The molecule has 0 aliphatic carbocycles. The van der Waals surface area contributed by atoms with Crippen LogP contribution in [-0.2, 0) is 6.42 Å². The Bertz CT molecular complexity index is 610. The van der Waals surface area contributed by atoms with Crippen molar-refractivity contribution in [1.29, 1.82) is 0 Å². The van der Waals surface area contributed by atoms with Crippen LogP contribution in [0.1, 0.15) is 12.0 Å². The third-order valence-corrected chi connectivity index (χ3v) is 3.80. The summed E-state index contributed by atoms with van der Waals surface area (Å²) in [6.45, 7) is 0.840. The highest BCUT2D eigenvalue weighted by atomic mass is 16.5. The van der Waals surface area contributed by atoms with Crippen LogP contribution >= 0.6 is 0 Å². The van der Waals surface area contributed by atoms with E-state index in [2.05, 4.69) is 59.7 Å². The number of benzene rings is 2. The van der Waals surface area contributed by atoms with Crippen LogP contribution in [0.4, 0.5) is 17.1 Å². The zero-order chi connectivity index (χ0) is 13.9. The van der Waals surface area contributed by atoms with Crippen molar-refractivity contribution >= 4 is 17.1 Å². The lowest BCUT2D eigenvalue weighted by Gasteiger charge is -2.23. The molecule has 0 fully saturated rings. The Balaban J connectivity index is 1.91. The van der Waals surface area contributed by atoms with Crippen LogP contribution in [0.5, 0.6) is 5.75 Å². The maximum Gasteiger partial charge on any atom is 0.122 e. The molecule has 1 N–H and O–H groups in total. The summed E-state index contributed by atoms with van der Waals surface area (Å²) in [7, 11) is 4.04. The standard InChI is InChI=1S/C17H20N2O/c1-18-14-6-3-7-15(12-14)19(2)16-8-9-17-13(11-16)5-4-10-20-17/h3,6-9,11-12,18H,4-5,10H2,1-2H3. The Hall–Kier alpha value is -2.16. The van der Waals surface area contributed by atoms with Gasteiger partial charge in [-0.15, -0.1) is 0 Å². The van der Waals surface area contributed by atoms with Crippen LogP contribution in [0.3, 0.4) is 0 Å². The molecule has 2 aromatic carbocycles. The number of anilines is 3. The summed E-state index contributed by atoms with van der Waals surface area (Å²) >= 11 is 0. The van der Waals surface area contributed by atoms with E-state index in [-0.39, 0.29) is 0 Å². The van der Waals surface area contributed by atoms with Gasteiger partial charge in [-0.05, 0) is 54.8 Å². The van der Waals surface area contributed by atoms with Gasteiger partial charge < -0.3 is 15.0 Å². The molecule has 0 amide bonds. The molecule has 0 saturated carbocycles. The zero-order valence-electron chi connectivity index (χ0n) is 12.0. The number of rotatable bonds is 3. The van der Waals surface area contributed by atoms with Gasteiger partial charge in [-0.1, -0.05) is 6.07 Å². The molecule has 1 aliphatic rings. The molecular formula is C17H20N2O. The van der Waals surface area contributed by atoms with Crippen LogP contribution in [-0.4, -0.2) is 20.7 Å². The smallest absolute Gasteiger partial charge is 0.122 e. The summed E-state index contributed by atoms with van der Waals surface area (Å²) in [6, 6.07) is 14.9. The van der Waals surface area contributed by atoms with Gasteiger partial charge >= 0.3 is 0 Å². The van der Waals surface area contributed by atoms with E-state index >= 15 is 0 Å². The molecule has 0 saturated heterocycles. The Kier molecular flexibility index (Phi) is 3.50. The number of ether oxygens (including phenoxy) is 1. The largest absolute Gasteiger partial charge is 0.493 e. The fourth-order valence-electron chi connectivity index (χ4n) is 2.57. The van der Waals surface area contributed by atoms with Crippen LogP contribution in [0, 0.1) is 0 Å². The maximum atomic E-state index is 5.67. The molecule has 104 valence electrons. The Labute approximate surface area is 120 Å². The monoisotopic (exact) mass is 268 g/mol. The molecule has 3 rings (SSSR count). The average molecular weight is 268 g/mol. The highest BCUT2D eigenvalue weighted by Crippen LogP contribution is 2.32. The van der Waals surface area contributed by atoms with E-state index in [0.29, 0.717) is 0 Å². The molecule has 20 heavy (non-hydrogen) atoms. The topological polar surface area (TPSA) is 24.5 Å². The second-order valence-electron chi connectivity index (χ2n) is 5.10. The molecule has 0 aromatic heterocycles. The minimum Gasteiger partial charge on any atom is -0.493 e. The summed E-state index contributed by atoms with van der Waals surface area (Å²) in [6.07, 6.45) is 2.21. The number of aryl methyl sites for hydroxylation is 1. The second kappa shape index (κ2) is 5.45. The van der Waals surface area contributed by atoms with E-state index in [9.17, 15) is 0 Å². The van der Waals surface area contributed by atoms with Gasteiger partial charge in [-0.25, -0.2) is 0 Å². The van der Waals surface area contributed by atoms with E-state index in [4.69, 9.17) is 4.74 Å². The fraction of sp³-hybridized carbons (Fsp3) is 0.294. The molecule has 1 heterocycles. The van der Waals surface area contributed by atoms with Crippen molar-refractivity contribution in [2.75, 3.05) is 30.9 Å². The fourth-order valence-corrected chi connectivity index (χ4v) is 2.57. The predicted molar refractivity (Wildman–Crippen MR) is 84.3 cm³/mol. The maximum absolute atomic E-state index is 5.67. The molecule has 0 spiro atoms. The van der Waals surface area contributed by atoms with Gasteiger partial charge in [0.1, 0.15) is 5.75 Å². The number of nitrogens with one attached hydrogen (secondary N) is 1. The van der Waals surface area contributed by atoms with Crippen LogP contribution in [0.25, 0.3) is 0 Å². The second-order valence-corrected chi connectivity index (χ2v) is 5.10. The molecular weight excluding hydrogens is 248 g/mol. The van der Waals surface area contributed by atoms with Gasteiger partial charge in [0.05, 0.1) is 6.61 Å². The zero-order valence-corrected chi connectivity index (χ0v) is 12.0. The van der Waals surface area contributed by atoms with Crippen molar-refractivity contribution in [2.24, 2.45) is 0 Å². The highest BCUT2D eigenvalue weighted by molar-refractivity contribution is 5.68. The van der Waals surface area contributed by atoms with E-state index < -0.39 is 0 Å². The highest BCUT2D eigenvalue weighted by Gasteiger charge is 2.12. The first-order valence-corrected chi connectivity index (χ1v) is 7.05. The van der Waals surface area contributed by atoms with Crippen LogP contribution < -0.4 is 15.0 Å². The van der Waals surface area contributed by atoms with E-state index in [1.807, 2.05) is 7.05 Å². The van der Waals surface area contributed by atoms with Crippen molar-refractivity contribution in [3.63, 3.8) is 0 Å². The number of hydrogen-bond acceptors (Lipinski definition) is 3. The summed E-state index contributed by atoms with van der Waals surface area (Å²) in [5.74, 6) is 1.04. The summed E-state index contributed by atoms with van der Waals surface area (Å²) in [5, 5.41) is 3.18. The third kappa shape index (κ3) is 2.44.